The van der Waals surface area contributed by atoms with Crippen LogP contribution in [0.15, 0.2) is 0 Å². The summed E-state index contributed by atoms with van der Waals surface area (Å²) in [5.41, 5.74) is -0.447. The maximum Gasteiger partial charge on any atom is 0.407 e. The molecule has 0 aliphatic heterocycles. The van der Waals surface area contributed by atoms with Crippen molar-refractivity contribution < 1.29 is 14.6 Å². The van der Waals surface area contributed by atoms with E-state index in [0.29, 0.717) is 24.4 Å². The Bertz CT molecular complexity index is 315. The highest BCUT2D eigenvalue weighted by atomic mass is 16.6. The van der Waals surface area contributed by atoms with Gasteiger partial charge in [-0.1, -0.05) is 13.3 Å². The van der Waals surface area contributed by atoms with Crippen LogP contribution in [0, 0.1) is 11.8 Å². The predicted molar refractivity (Wildman–Crippen MR) is 84.2 cm³/mol. The standard InChI is InChI=1S/C16H32N2O3/c1-12(8-9-19)10-17-14-7-5-6-13(14)11-18-15(20)21-16(2,3)4/h12-14,17,19H,5-11H2,1-4H3,(H,18,20). The number of hydrogen-bond acceptors (Lipinski definition) is 4. The molecule has 3 atom stereocenters. The molecule has 1 rings (SSSR count). The van der Waals surface area contributed by atoms with E-state index >= 15 is 0 Å². The number of rotatable bonds is 7. The third-order valence-corrected chi connectivity index (χ3v) is 3.92. The third kappa shape index (κ3) is 7.67. The van der Waals surface area contributed by atoms with Crippen molar-refractivity contribution in [2.75, 3.05) is 19.7 Å². The average molecular weight is 300 g/mol. The molecular formula is C16H32N2O3. The molecule has 0 aromatic rings. The summed E-state index contributed by atoms with van der Waals surface area (Å²) >= 11 is 0. The molecule has 124 valence electrons. The molecular weight excluding hydrogens is 268 g/mol. The van der Waals surface area contributed by atoms with Crippen molar-refractivity contribution in [2.45, 2.75) is 65.0 Å². The fraction of sp³-hybridized carbons (Fsp3) is 0.938. The zero-order valence-electron chi connectivity index (χ0n) is 13.9. The maximum absolute atomic E-state index is 11.7. The van der Waals surface area contributed by atoms with E-state index < -0.39 is 5.60 Å². The zero-order chi connectivity index (χ0) is 15.9. The summed E-state index contributed by atoms with van der Waals surface area (Å²) < 4.78 is 5.26. The van der Waals surface area contributed by atoms with E-state index in [-0.39, 0.29) is 12.7 Å². The first-order valence-corrected chi connectivity index (χ1v) is 8.13. The predicted octanol–water partition coefficient (Wildman–Crippen LogP) is 2.29. The van der Waals surface area contributed by atoms with Gasteiger partial charge in [0.25, 0.3) is 0 Å². The number of nitrogens with one attached hydrogen (secondary N) is 2. The van der Waals surface area contributed by atoms with Gasteiger partial charge >= 0.3 is 6.09 Å². The molecule has 3 N–H and O–H groups in total. The highest BCUT2D eigenvalue weighted by Gasteiger charge is 2.28. The average Bonchev–Trinajstić information content (AvgIpc) is 2.79. The lowest BCUT2D eigenvalue weighted by molar-refractivity contribution is 0.0517. The Balaban J connectivity index is 2.28. The van der Waals surface area contributed by atoms with Crippen molar-refractivity contribution in [1.82, 2.24) is 10.6 Å². The van der Waals surface area contributed by atoms with Crippen LogP contribution < -0.4 is 10.6 Å². The number of alkyl carbamates (subject to hydrolysis) is 1. The Hall–Kier alpha value is -0.810. The molecule has 3 unspecified atom stereocenters. The Labute approximate surface area is 128 Å². The van der Waals surface area contributed by atoms with Crippen molar-refractivity contribution in [2.24, 2.45) is 11.8 Å². The number of aliphatic hydroxyl groups excluding tert-OH is 1. The quantitative estimate of drug-likeness (QED) is 0.674. The highest BCUT2D eigenvalue weighted by molar-refractivity contribution is 5.67. The molecule has 1 amide bonds. The van der Waals surface area contributed by atoms with Crippen LogP contribution in [0.25, 0.3) is 0 Å². The van der Waals surface area contributed by atoms with E-state index in [1.807, 2.05) is 20.8 Å². The monoisotopic (exact) mass is 300 g/mol. The lowest BCUT2D eigenvalue weighted by Crippen LogP contribution is -2.42. The fourth-order valence-electron chi connectivity index (χ4n) is 2.75. The van der Waals surface area contributed by atoms with Gasteiger partial charge in [-0.05, 0) is 58.4 Å². The second kappa shape index (κ2) is 8.59. The summed E-state index contributed by atoms with van der Waals surface area (Å²) in [6.45, 7) is 9.59. The molecule has 0 saturated heterocycles. The summed E-state index contributed by atoms with van der Waals surface area (Å²) in [6, 6.07) is 0.459. The first-order valence-electron chi connectivity index (χ1n) is 8.13. The van der Waals surface area contributed by atoms with Crippen LogP contribution in [0.4, 0.5) is 4.79 Å². The van der Waals surface area contributed by atoms with E-state index in [2.05, 4.69) is 17.6 Å². The minimum atomic E-state index is -0.447. The number of aliphatic hydroxyl groups is 1. The molecule has 0 aromatic carbocycles. The van der Waals surface area contributed by atoms with Gasteiger partial charge in [-0.2, -0.15) is 0 Å². The third-order valence-electron chi connectivity index (χ3n) is 3.92. The van der Waals surface area contributed by atoms with Gasteiger partial charge in [0.05, 0.1) is 0 Å². The first kappa shape index (κ1) is 18.2. The molecule has 5 nitrogen and oxygen atoms in total. The van der Waals surface area contributed by atoms with Crippen LogP contribution in [0.2, 0.25) is 0 Å². The largest absolute Gasteiger partial charge is 0.444 e. The summed E-state index contributed by atoms with van der Waals surface area (Å²) in [7, 11) is 0. The van der Waals surface area contributed by atoms with Crippen LogP contribution in [0.1, 0.15) is 53.4 Å². The molecule has 1 aliphatic carbocycles. The van der Waals surface area contributed by atoms with E-state index in [0.717, 1.165) is 25.8 Å². The van der Waals surface area contributed by atoms with Crippen molar-refractivity contribution in [3.63, 3.8) is 0 Å². The lowest BCUT2D eigenvalue weighted by Gasteiger charge is -2.24. The molecule has 0 heterocycles. The lowest BCUT2D eigenvalue weighted by atomic mass is 10.0. The number of carbonyl (C=O) groups is 1. The molecule has 1 fully saturated rings. The number of hydrogen-bond donors (Lipinski definition) is 3. The van der Waals surface area contributed by atoms with E-state index in [9.17, 15) is 4.79 Å². The molecule has 1 aliphatic rings. The van der Waals surface area contributed by atoms with Crippen LogP contribution in [-0.2, 0) is 4.74 Å². The normalized spacial score (nSPS) is 23.9. The molecule has 5 heteroatoms. The molecule has 0 spiro atoms. The summed E-state index contributed by atoms with van der Waals surface area (Å²) in [5.74, 6) is 0.953. The highest BCUT2D eigenvalue weighted by Crippen LogP contribution is 2.25. The van der Waals surface area contributed by atoms with Crippen LogP contribution in [0.5, 0.6) is 0 Å². The van der Waals surface area contributed by atoms with Crippen molar-refractivity contribution in [1.29, 1.82) is 0 Å². The minimum Gasteiger partial charge on any atom is -0.444 e. The van der Waals surface area contributed by atoms with Gasteiger partial charge < -0.3 is 20.5 Å². The SMILES string of the molecule is CC(CCO)CNC1CCCC1CNC(=O)OC(C)(C)C. The Kier molecular flexibility index (Phi) is 7.46. The zero-order valence-corrected chi connectivity index (χ0v) is 13.9. The number of ether oxygens (including phenoxy) is 1. The smallest absolute Gasteiger partial charge is 0.407 e. The van der Waals surface area contributed by atoms with Crippen LogP contribution in [0.3, 0.4) is 0 Å². The first-order chi connectivity index (χ1) is 9.81. The Morgan fingerprint density at radius 1 is 1.38 bits per heavy atom. The summed E-state index contributed by atoms with van der Waals surface area (Å²) in [5, 5.41) is 15.4. The fourth-order valence-corrected chi connectivity index (χ4v) is 2.75. The molecule has 0 bridgehead atoms. The van der Waals surface area contributed by atoms with Crippen molar-refractivity contribution in [3.05, 3.63) is 0 Å². The van der Waals surface area contributed by atoms with Gasteiger partial charge in [0.2, 0.25) is 0 Å². The van der Waals surface area contributed by atoms with Gasteiger partial charge in [0.1, 0.15) is 5.60 Å². The summed E-state index contributed by atoms with van der Waals surface area (Å²) in [4.78, 5) is 11.7. The minimum absolute atomic E-state index is 0.247. The second-order valence-corrected chi connectivity index (χ2v) is 7.21. The number of amides is 1. The van der Waals surface area contributed by atoms with Gasteiger partial charge in [0.15, 0.2) is 0 Å². The van der Waals surface area contributed by atoms with Crippen molar-refractivity contribution in [3.8, 4) is 0 Å². The molecule has 0 aromatic heterocycles. The maximum atomic E-state index is 11.7. The molecule has 0 radical (unpaired) electrons. The number of carbonyl (C=O) groups excluding carboxylic acids is 1. The Morgan fingerprint density at radius 2 is 2.10 bits per heavy atom. The molecule has 1 saturated carbocycles. The van der Waals surface area contributed by atoms with E-state index in [4.69, 9.17) is 9.84 Å². The van der Waals surface area contributed by atoms with Crippen LogP contribution >= 0.6 is 0 Å². The van der Waals surface area contributed by atoms with E-state index in [1.165, 1.54) is 6.42 Å². The van der Waals surface area contributed by atoms with Gasteiger partial charge in [-0.3, -0.25) is 0 Å². The van der Waals surface area contributed by atoms with Gasteiger partial charge in [0, 0.05) is 19.2 Å². The Morgan fingerprint density at radius 3 is 2.71 bits per heavy atom. The topological polar surface area (TPSA) is 70.6 Å². The summed E-state index contributed by atoms with van der Waals surface area (Å²) in [6.07, 6.45) is 4.00. The van der Waals surface area contributed by atoms with Gasteiger partial charge in [-0.25, -0.2) is 4.79 Å². The van der Waals surface area contributed by atoms with Crippen LogP contribution in [-0.4, -0.2) is 42.5 Å². The second-order valence-electron chi connectivity index (χ2n) is 7.21. The van der Waals surface area contributed by atoms with E-state index in [1.54, 1.807) is 0 Å². The molecule has 21 heavy (non-hydrogen) atoms. The van der Waals surface area contributed by atoms with Crippen molar-refractivity contribution >= 4 is 6.09 Å². The van der Waals surface area contributed by atoms with Gasteiger partial charge in [-0.15, -0.1) is 0 Å².